The maximum atomic E-state index is 6.27. The highest BCUT2D eigenvalue weighted by molar-refractivity contribution is 5.12. The Labute approximate surface area is 120 Å². The molecule has 3 unspecified atom stereocenters. The van der Waals surface area contributed by atoms with Gasteiger partial charge in [0, 0.05) is 11.6 Å². The molecule has 2 aromatic rings. The van der Waals surface area contributed by atoms with Gasteiger partial charge in [0.2, 0.25) is 0 Å². The Morgan fingerprint density at radius 3 is 2.75 bits per heavy atom. The van der Waals surface area contributed by atoms with Gasteiger partial charge in [-0.05, 0) is 43.5 Å². The first-order valence-corrected chi connectivity index (χ1v) is 7.26. The quantitative estimate of drug-likeness (QED) is 0.772. The lowest BCUT2D eigenvalue weighted by atomic mass is 9.91. The van der Waals surface area contributed by atoms with Crippen molar-refractivity contribution < 1.29 is 8.83 Å². The number of furan rings is 2. The molecule has 0 radical (unpaired) electrons. The highest BCUT2D eigenvalue weighted by atomic mass is 16.3. The Morgan fingerprint density at radius 1 is 1.30 bits per heavy atom. The van der Waals surface area contributed by atoms with E-state index in [0.29, 0.717) is 5.92 Å². The fourth-order valence-corrected chi connectivity index (χ4v) is 2.41. The molecule has 0 aromatic carbocycles. The first-order chi connectivity index (χ1) is 9.72. The third-order valence-electron chi connectivity index (χ3n) is 3.68. The van der Waals surface area contributed by atoms with Crippen LogP contribution >= 0.6 is 0 Å². The van der Waals surface area contributed by atoms with E-state index < -0.39 is 0 Å². The maximum Gasteiger partial charge on any atom is 0.120 e. The summed E-state index contributed by atoms with van der Waals surface area (Å²) in [5.74, 6) is 1.16. The van der Waals surface area contributed by atoms with Crippen LogP contribution in [0.2, 0.25) is 0 Å². The zero-order valence-electron chi connectivity index (χ0n) is 12.2. The zero-order chi connectivity index (χ0) is 14.4. The molecule has 0 spiro atoms. The van der Waals surface area contributed by atoms with Crippen LogP contribution in [0.15, 0.2) is 45.8 Å². The van der Waals surface area contributed by atoms with Gasteiger partial charge in [0.25, 0.3) is 0 Å². The van der Waals surface area contributed by atoms with Crippen molar-refractivity contribution in [1.82, 2.24) is 5.32 Å². The van der Waals surface area contributed by atoms with Crippen LogP contribution in [0.3, 0.4) is 0 Å². The van der Waals surface area contributed by atoms with E-state index in [0.717, 1.165) is 25.1 Å². The topological polar surface area (TPSA) is 64.3 Å². The number of hydrogen-bond acceptors (Lipinski definition) is 4. The molecular formula is C16H24N2O2. The highest BCUT2D eigenvalue weighted by Gasteiger charge is 2.22. The molecule has 2 heterocycles. The summed E-state index contributed by atoms with van der Waals surface area (Å²) < 4.78 is 10.6. The molecule has 3 N–H and O–H groups in total. The van der Waals surface area contributed by atoms with Gasteiger partial charge in [0.15, 0.2) is 0 Å². The molecule has 0 aliphatic rings. The monoisotopic (exact) mass is 276 g/mol. The summed E-state index contributed by atoms with van der Waals surface area (Å²) in [6, 6.07) is 6.02. The Balaban J connectivity index is 1.99. The van der Waals surface area contributed by atoms with Crippen molar-refractivity contribution in [3.63, 3.8) is 0 Å². The molecule has 4 heteroatoms. The van der Waals surface area contributed by atoms with Gasteiger partial charge in [-0.1, -0.05) is 13.8 Å². The van der Waals surface area contributed by atoms with Crippen LogP contribution in [0.25, 0.3) is 0 Å². The van der Waals surface area contributed by atoms with Crippen LogP contribution in [-0.2, 0) is 0 Å². The molecule has 2 aromatic heterocycles. The molecule has 0 bridgehead atoms. The lowest BCUT2D eigenvalue weighted by Crippen LogP contribution is -2.27. The summed E-state index contributed by atoms with van der Waals surface area (Å²) >= 11 is 0. The first-order valence-electron chi connectivity index (χ1n) is 7.26. The number of nitrogens with one attached hydrogen (secondary N) is 1. The van der Waals surface area contributed by atoms with Gasteiger partial charge in [-0.15, -0.1) is 0 Å². The van der Waals surface area contributed by atoms with Gasteiger partial charge in [-0.25, -0.2) is 0 Å². The van der Waals surface area contributed by atoms with Crippen LogP contribution in [0.4, 0.5) is 0 Å². The van der Waals surface area contributed by atoms with Crippen LogP contribution in [0, 0.1) is 5.92 Å². The molecule has 110 valence electrons. The summed E-state index contributed by atoms with van der Waals surface area (Å²) in [5, 5.41) is 3.56. The molecule has 3 atom stereocenters. The average molecular weight is 276 g/mol. The first kappa shape index (κ1) is 14.9. The van der Waals surface area contributed by atoms with E-state index in [4.69, 9.17) is 14.6 Å². The van der Waals surface area contributed by atoms with E-state index in [1.165, 1.54) is 5.56 Å². The third kappa shape index (κ3) is 3.74. The molecule has 0 fully saturated rings. The van der Waals surface area contributed by atoms with Crippen molar-refractivity contribution in [2.24, 2.45) is 11.7 Å². The average Bonchev–Trinajstić information content (AvgIpc) is 3.14. The SMILES string of the molecule is CCCNC(CC(C)C(N)c1ccco1)c1ccoc1. The Hall–Kier alpha value is -1.52. The minimum atomic E-state index is -0.0807. The van der Waals surface area contributed by atoms with Gasteiger partial charge in [-0.2, -0.15) is 0 Å². The van der Waals surface area contributed by atoms with E-state index in [9.17, 15) is 0 Å². The van der Waals surface area contributed by atoms with E-state index in [2.05, 4.69) is 19.2 Å². The Bertz CT molecular complexity index is 465. The fourth-order valence-electron chi connectivity index (χ4n) is 2.41. The predicted octanol–water partition coefficient (Wildman–Crippen LogP) is 3.64. The van der Waals surface area contributed by atoms with E-state index in [1.54, 1.807) is 18.8 Å². The van der Waals surface area contributed by atoms with Gasteiger partial charge < -0.3 is 19.9 Å². The third-order valence-corrected chi connectivity index (χ3v) is 3.68. The molecule has 2 rings (SSSR count). The van der Waals surface area contributed by atoms with Crippen molar-refractivity contribution in [3.8, 4) is 0 Å². The summed E-state index contributed by atoms with van der Waals surface area (Å²) in [7, 11) is 0. The minimum absolute atomic E-state index is 0.0807. The van der Waals surface area contributed by atoms with Crippen molar-refractivity contribution >= 4 is 0 Å². The van der Waals surface area contributed by atoms with Crippen LogP contribution in [-0.4, -0.2) is 6.54 Å². The van der Waals surface area contributed by atoms with E-state index in [-0.39, 0.29) is 12.1 Å². The second-order valence-corrected chi connectivity index (χ2v) is 5.32. The van der Waals surface area contributed by atoms with Crippen LogP contribution < -0.4 is 11.1 Å². The number of hydrogen-bond donors (Lipinski definition) is 2. The normalized spacial score (nSPS) is 15.9. The largest absolute Gasteiger partial charge is 0.472 e. The zero-order valence-corrected chi connectivity index (χ0v) is 12.2. The summed E-state index contributed by atoms with van der Waals surface area (Å²) in [6.07, 6.45) is 7.24. The van der Waals surface area contributed by atoms with Crippen molar-refractivity contribution in [3.05, 3.63) is 48.3 Å². The molecule has 4 nitrogen and oxygen atoms in total. The molecule has 0 saturated heterocycles. The van der Waals surface area contributed by atoms with Crippen LogP contribution in [0.5, 0.6) is 0 Å². The Kier molecular flexibility index (Phi) is 5.44. The minimum Gasteiger partial charge on any atom is -0.472 e. The number of nitrogens with two attached hydrogens (primary N) is 1. The van der Waals surface area contributed by atoms with E-state index in [1.807, 2.05) is 18.2 Å². The summed E-state index contributed by atoms with van der Waals surface area (Å²) in [5.41, 5.74) is 7.45. The van der Waals surface area contributed by atoms with Crippen molar-refractivity contribution in [2.75, 3.05) is 6.54 Å². The smallest absolute Gasteiger partial charge is 0.120 e. The molecule has 0 aliphatic heterocycles. The van der Waals surface area contributed by atoms with Gasteiger partial charge >= 0.3 is 0 Å². The highest BCUT2D eigenvalue weighted by Crippen LogP contribution is 2.29. The van der Waals surface area contributed by atoms with Gasteiger partial charge in [-0.3, -0.25) is 0 Å². The number of rotatable bonds is 8. The summed E-state index contributed by atoms with van der Waals surface area (Å²) in [4.78, 5) is 0. The maximum absolute atomic E-state index is 6.27. The fraction of sp³-hybridized carbons (Fsp3) is 0.500. The molecular weight excluding hydrogens is 252 g/mol. The van der Waals surface area contributed by atoms with Gasteiger partial charge in [0.1, 0.15) is 5.76 Å². The lowest BCUT2D eigenvalue weighted by Gasteiger charge is -2.24. The standard InChI is InChI=1S/C16H24N2O2/c1-3-7-18-14(13-6-9-19-11-13)10-12(2)16(17)15-5-4-8-20-15/h4-6,8-9,11-12,14,16,18H,3,7,10,17H2,1-2H3. The van der Waals surface area contributed by atoms with Crippen molar-refractivity contribution in [2.45, 2.75) is 38.8 Å². The Morgan fingerprint density at radius 2 is 2.15 bits per heavy atom. The molecule has 0 aliphatic carbocycles. The van der Waals surface area contributed by atoms with Gasteiger partial charge in [0.05, 0.1) is 24.8 Å². The van der Waals surface area contributed by atoms with Crippen molar-refractivity contribution in [1.29, 1.82) is 0 Å². The summed E-state index contributed by atoms with van der Waals surface area (Å²) in [6.45, 7) is 5.31. The van der Waals surface area contributed by atoms with E-state index >= 15 is 0 Å². The molecule has 0 amide bonds. The second kappa shape index (κ2) is 7.31. The molecule has 20 heavy (non-hydrogen) atoms. The lowest BCUT2D eigenvalue weighted by molar-refractivity contribution is 0.327. The predicted molar refractivity (Wildman–Crippen MR) is 79.2 cm³/mol. The molecule has 0 saturated carbocycles. The second-order valence-electron chi connectivity index (χ2n) is 5.32. The van der Waals surface area contributed by atoms with Crippen LogP contribution in [0.1, 0.15) is 50.1 Å².